The van der Waals surface area contributed by atoms with E-state index in [0.717, 1.165) is 11.4 Å². The third kappa shape index (κ3) is 5.48. The van der Waals surface area contributed by atoms with E-state index in [1.807, 2.05) is 54.6 Å². The lowest BCUT2D eigenvalue weighted by atomic mass is 10.1. The number of anilines is 3. The molecule has 176 valence electrons. The first-order chi connectivity index (χ1) is 16.9. The molecular weight excluding hydrogens is 448 g/mol. The molecule has 4 N–H and O–H groups in total. The fourth-order valence-corrected chi connectivity index (χ4v) is 3.45. The number of carbonyl (C=O) groups excluding carboxylic acids is 1. The number of benzene rings is 2. The van der Waals surface area contributed by atoms with E-state index in [2.05, 4.69) is 27.1 Å². The SMILES string of the molecule is Cc1c(NC(=O)NCCC(=O)O)cn2ncc(C#N)c(Nc3ccc(Oc4ccccc4)cc3)c12. The first kappa shape index (κ1) is 23.1. The molecule has 2 amide bonds. The molecule has 0 aliphatic rings. The van der Waals surface area contributed by atoms with Gasteiger partial charge in [0.2, 0.25) is 0 Å². The third-order valence-electron chi connectivity index (χ3n) is 5.15. The van der Waals surface area contributed by atoms with Gasteiger partial charge in [0, 0.05) is 17.8 Å². The van der Waals surface area contributed by atoms with Gasteiger partial charge in [-0.2, -0.15) is 10.4 Å². The predicted octanol–water partition coefficient (Wildman–Crippen LogP) is 4.65. The largest absolute Gasteiger partial charge is 0.481 e. The van der Waals surface area contributed by atoms with Crippen LogP contribution in [-0.4, -0.2) is 33.3 Å². The number of nitrogens with one attached hydrogen (secondary N) is 3. The van der Waals surface area contributed by atoms with Crippen LogP contribution in [-0.2, 0) is 4.79 Å². The molecule has 10 heteroatoms. The number of para-hydroxylation sites is 1. The van der Waals surface area contributed by atoms with Crippen LogP contribution in [0.3, 0.4) is 0 Å². The number of ether oxygens (including phenoxy) is 1. The molecule has 4 aromatic rings. The first-order valence-corrected chi connectivity index (χ1v) is 10.7. The molecule has 0 radical (unpaired) electrons. The van der Waals surface area contributed by atoms with Crippen molar-refractivity contribution < 1.29 is 19.4 Å². The summed E-state index contributed by atoms with van der Waals surface area (Å²) in [6.45, 7) is 1.80. The standard InChI is InChI=1S/C25H22N6O4/c1-16-21(30-25(34)27-12-11-22(32)33)15-31-24(16)23(17(13-26)14-28-31)29-18-7-9-20(10-8-18)35-19-5-3-2-4-6-19/h2-10,14-15,29H,11-12H2,1H3,(H,32,33)(H2,27,30,34). The Morgan fingerprint density at radius 2 is 1.83 bits per heavy atom. The Kier molecular flexibility index (Phi) is 6.78. The van der Waals surface area contributed by atoms with Crippen LogP contribution in [0.5, 0.6) is 11.5 Å². The van der Waals surface area contributed by atoms with E-state index in [9.17, 15) is 14.9 Å². The van der Waals surface area contributed by atoms with Crippen LogP contribution < -0.4 is 20.7 Å². The molecule has 4 rings (SSSR count). The van der Waals surface area contributed by atoms with Gasteiger partial charge in [0.25, 0.3) is 0 Å². The van der Waals surface area contributed by atoms with Crippen molar-refractivity contribution in [1.82, 2.24) is 14.9 Å². The van der Waals surface area contributed by atoms with Crippen molar-refractivity contribution in [2.75, 3.05) is 17.2 Å². The molecule has 10 nitrogen and oxygen atoms in total. The van der Waals surface area contributed by atoms with Crippen molar-refractivity contribution in [3.63, 3.8) is 0 Å². The van der Waals surface area contributed by atoms with E-state index in [1.165, 1.54) is 6.20 Å². The van der Waals surface area contributed by atoms with E-state index in [1.54, 1.807) is 17.6 Å². The van der Waals surface area contributed by atoms with Crippen molar-refractivity contribution in [3.8, 4) is 17.6 Å². The number of nitrogens with zero attached hydrogens (tertiary/aromatic N) is 3. The van der Waals surface area contributed by atoms with Crippen molar-refractivity contribution in [2.45, 2.75) is 13.3 Å². The summed E-state index contributed by atoms with van der Waals surface area (Å²) >= 11 is 0. The van der Waals surface area contributed by atoms with Crippen LogP contribution in [0.15, 0.2) is 67.0 Å². The van der Waals surface area contributed by atoms with Gasteiger partial charge >= 0.3 is 12.0 Å². The number of aromatic nitrogens is 2. The van der Waals surface area contributed by atoms with E-state index in [0.29, 0.717) is 33.8 Å². The van der Waals surface area contributed by atoms with Gasteiger partial charge in [-0.3, -0.25) is 4.79 Å². The van der Waals surface area contributed by atoms with Crippen molar-refractivity contribution in [3.05, 3.63) is 78.1 Å². The van der Waals surface area contributed by atoms with Crippen molar-refractivity contribution in [1.29, 1.82) is 5.26 Å². The molecule has 0 aliphatic heterocycles. The average molecular weight is 470 g/mol. The highest BCUT2D eigenvalue weighted by molar-refractivity contribution is 5.95. The molecular formula is C25H22N6O4. The molecule has 35 heavy (non-hydrogen) atoms. The number of urea groups is 1. The zero-order valence-corrected chi connectivity index (χ0v) is 18.8. The van der Waals surface area contributed by atoms with Gasteiger partial charge in [0.05, 0.1) is 41.3 Å². The number of rotatable bonds is 8. The quantitative estimate of drug-likeness (QED) is 0.294. The van der Waals surface area contributed by atoms with Gasteiger partial charge in [-0.15, -0.1) is 0 Å². The Morgan fingerprint density at radius 1 is 1.11 bits per heavy atom. The van der Waals surface area contributed by atoms with Gasteiger partial charge in [-0.1, -0.05) is 18.2 Å². The van der Waals surface area contributed by atoms with Gasteiger partial charge in [-0.25, -0.2) is 9.31 Å². The number of hydrogen-bond donors (Lipinski definition) is 4. The molecule has 0 saturated carbocycles. The molecule has 2 aromatic carbocycles. The minimum Gasteiger partial charge on any atom is -0.481 e. The number of carboxylic acid groups (broad SMARTS) is 1. The maximum absolute atomic E-state index is 12.2. The summed E-state index contributed by atoms with van der Waals surface area (Å²) in [4.78, 5) is 22.8. The molecule has 0 fully saturated rings. The highest BCUT2D eigenvalue weighted by Gasteiger charge is 2.17. The Bertz CT molecular complexity index is 1410. The topological polar surface area (TPSA) is 141 Å². The second-order valence-electron chi connectivity index (χ2n) is 7.60. The van der Waals surface area contributed by atoms with Crippen LogP contribution in [0.2, 0.25) is 0 Å². The van der Waals surface area contributed by atoms with E-state index < -0.39 is 12.0 Å². The summed E-state index contributed by atoms with van der Waals surface area (Å²) in [6, 6.07) is 18.4. The fourth-order valence-electron chi connectivity index (χ4n) is 3.45. The molecule has 0 spiro atoms. The van der Waals surface area contributed by atoms with Crippen LogP contribution in [0.4, 0.5) is 21.9 Å². The highest BCUT2D eigenvalue weighted by Crippen LogP contribution is 2.33. The minimum atomic E-state index is -1.00. The number of hydrogen-bond acceptors (Lipinski definition) is 6. The number of nitriles is 1. The van der Waals surface area contributed by atoms with Crippen molar-refractivity contribution >= 4 is 34.6 Å². The Labute approximate surface area is 200 Å². The molecule has 0 atom stereocenters. The number of aryl methyl sites for hydroxylation is 1. The van der Waals surface area contributed by atoms with E-state index >= 15 is 0 Å². The third-order valence-corrected chi connectivity index (χ3v) is 5.15. The van der Waals surface area contributed by atoms with Gasteiger partial charge in [-0.05, 0) is 43.3 Å². The molecule has 0 unspecified atom stereocenters. The molecule has 2 aromatic heterocycles. The number of fused-ring (bicyclic) bond motifs is 1. The van der Waals surface area contributed by atoms with Crippen molar-refractivity contribution in [2.24, 2.45) is 0 Å². The molecule has 2 heterocycles. The number of aliphatic carboxylic acids is 1. The van der Waals surface area contributed by atoms with Crippen LogP contribution >= 0.6 is 0 Å². The van der Waals surface area contributed by atoms with E-state index in [4.69, 9.17) is 9.84 Å². The van der Waals surface area contributed by atoms with Crippen LogP contribution in [0.25, 0.3) is 5.52 Å². The zero-order valence-electron chi connectivity index (χ0n) is 18.8. The van der Waals surface area contributed by atoms with Gasteiger partial charge in [0.15, 0.2) is 0 Å². The molecule has 0 aliphatic carbocycles. The average Bonchev–Trinajstić information content (AvgIpc) is 3.16. The fraction of sp³-hybridized carbons (Fsp3) is 0.120. The number of carboxylic acids is 1. The smallest absolute Gasteiger partial charge is 0.319 e. The number of amides is 2. The lowest BCUT2D eigenvalue weighted by Crippen LogP contribution is -2.30. The monoisotopic (exact) mass is 470 g/mol. The summed E-state index contributed by atoms with van der Waals surface area (Å²) in [5.41, 5.74) is 3.40. The van der Waals surface area contributed by atoms with E-state index in [-0.39, 0.29) is 13.0 Å². The van der Waals surface area contributed by atoms with Crippen LogP contribution in [0.1, 0.15) is 17.5 Å². The first-order valence-electron chi connectivity index (χ1n) is 10.7. The maximum Gasteiger partial charge on any atom is 0.319 e. The molecule has 0 bridgehead atoms. The second kappa shape index (κ2) is 10.3. The zero-order chi connectivity index (χ0) is 24.8. The summed E-state index contributed by atoms with van der Waals surface area (Å²) < 4.78 is 7.39. The highest BCUT2D eigenvalue weighted by atomic mass is 16.5. The van der Waals surface area contributed by atoms with Gasteiger partial charge < -0.3 is 25.8 Å². The number of carbonyl (C=O) groups is 2. The molecule has 0 saturated heterocycles. The Hall–Kier alpha value is -5.04. The maximum atomic E-state index is 12.2. The summed E-state index contributed by atoms with van der Waals surface area (Å²) in [5.74, 6) is 0.396. The Morgan fingerprint density at radius 3 is 2.51 bits per heavy atom. The lowest BCUT2D eigenvalue weighted by molar-refractivity contribution is -0.136. The van der Waals surface area contributed by atoms with Crippen LogP contribution in [0, 0.1) is 18.3 Å². The Balaban J connectivity index is 1.56. The lowest BCUT2D eigenvalue weighted by Gasteiger charge is -2.12. The predicted molar refractivity (Wildman–Crippen MR) is 130 cm³/mol. The summed E-state index contributed by atoms with van der Waals surface area (Å²) in [6.07, 6.45) is 2.89. The summed E-state index contributed by atoms with van der Waals surface area (Å²) in [7, 11) is 0. The normalized spacial score (nSPS) is 10.4. The minimum absolute atomic E-state index is 0.00119. The summed E-state index contributed by atoms with van der Waals surface area (Å²) in [5, 5.41) is 31.1. The second-order valence-corrected chi connectivity index (χ2v) is 7.60. The van der Waals surface area contributed by atoms with Gasteiger partial charge in [0.1, 0.15) is 17.6 Å².